The Morgan fingerprint density at radius 3 is 2.82 bits per heavy atom. The number of benzene rings is 1. The SMILES string of the molecule is CNC1CCCN(c2cnc3ccc(Sc4nnc5ccc(-c6cnn(C)c6)cn45)cc3c2)C1. The average Bonchev–Trinajstić information content (AvgIpc) is 3.49. The molecule has 0 saturated carbocycles. The second kappa shape index (κ2) is 8.73. The highest BCUT2D eigenvalue weighted by Crippen LogP contribution is 2.31. The van der Waals surface area contributed by atoms with Crippen molar-refractivity contribution in [3.05, 3.63) is 61.2 Å². The van der Waals surface area contributed by atoms with Crippen LogP contribution in [0.15, 0.2) is 71.2 Å². The molecule has 34 heavy (non-hydrogen) atoms. The van der Waals surface area contributed by atoms with Gasteiger partial charge < -0.3 is 10.2 Å². The maximum Gasteiger partial charge on any atom is 0.200 e. The third-order valence-electron chi connectivity index (χ3n) is 6.45. The maximum absolute atomic E-state index is 4.73. The fourth-order valence-electron chi connectivity index (χ4n) is 4.57. The molecule has 6 rings (SSSR count). The number of nitrogens with zero attached hydrogens (tertiary/aromatic N) is 7. The number of hydrogen-bond donors (Lipinski definition) is 1. The Balaban J connectivity index is 1.30. The molecular weight excluding hydrogens is 444 g/mol. The van der Waals surface area contributed by atoms with Crippen LogP contribution in [0.4, 0.5) is 5.69 Å². The van der Waals surface area contributed by atoms with E-state index in [1.54, 1.807) is 11.8 Å². The van der Waals surface area contributed by atoms with Gasteiger partial charge in [-0.15, -0.1) is 10.2 Å². The van der Waals surface area contributed by atoms with Crippen LogP contribution < -0.4 is 10.2 Å². The number of nitrogens with one attached hydrogen (secondary N) is 1. The van der Waals surface area contributed by atoms with Crippen LogP contribution in [0.5, 0.6) is 0 Å². The van der Waals surface area contributed by atoms with E-state index in [0.717, 1.165) is 50.8 Å². The summed E-state index contributed by atoms with van der Waals surface area (Å²) in [5.41, 5.74) is 5.15. The third kappa shape index (κ3) is 4.01. The van der Waals surface area contributed by atoms with Gasteiger partial charge in [0.1, 0.15) is 0 Å². The van der Waals surface area contributed by atoms with Crippen molar-refractivity contribution in [1.82, 2.24) is 34.7 Å². The molecule has 0 amide bonds. The minimum atomic E-state index is 0.532. The van der Waals surface area contributed by atoms with Gasteiger partial charge in [0.25, 0.3) is 0 Å². The molecule has 9 heteroatoms. The third-order valence-corrected chi connectivity index (χ3v) is 7.40. The minimum absolute atomic E-state index is 0.532. The van der Waals surface area contributed by atoms with Crippen LogP contribution in [0.25, 0.3) is 27.7 Å². The zero-order valence-electron chi connectivity index (χ0n) is 19.2. The Morgan fingerprint density at radius 2 is 1.97 bits per heavy atom. The molecule has 1 saturated heterocycles. The molecule has 1 aliphatic rings. The van der Waals surface area contributed by atoms with Gasteiger partial charge >= 0.3 is 0 Å². The number of anilines is 1. The first-order valence-electron chi connectivity index (χ1n) is 11.5. The molecular formula is C25H26N8S. The summed E-state index contributed by atoms with van der Waals surface area (Å²) in [7, 11) is 3.97. The van der Waals surface area contributed by atoms with Crippen LogP contribution in [-0.4, -0.2) is 55.5 Å². The Labute approximate surface area is 202 Å². The van der Waals surface area contributed by atoms with Gasteiger partial charge in [-0.1, -0.05) is 0 Å². The molecule has 1 aliphatic heterocycles. The first-order chi connectivity index (χ1) is 16.7. The van der Waals surface area contributed by atoms with Crippen molar-refractivity contribution in [3.8, 4) is 11.1 Å². The van der Waals surface area contributed by atoms with Crippen molar-refractivity contribution in [2.24, 2.45) is 7.05 Å². The molecule has 8 nitrogen and oxygen atoms in total. The van der Waals surface area contributed by atoms with E-state index in [4.69, 9.17) is 4.98 Å². The topological polar surface area (TPSA) is 76.2 Å². The van der Waals surface area contributed by atoms with Crippen molar-refractivity contribution in [1.29, 1.82) is 0 Å². The molecule has 1 aromatic carbocycles. The van der Waals surface area contributed by atoms with Gasteiger partial charge in [-0.3, -0.25) is 14.1 Å². The van der Waals surface area contributed by atoms with Gasteiger partial charge in [0.2, 0.25) is 0 Å². The number of hydrogen-bond acceptors (Lipinski definition) is 7. The summed E-state index contributed by atoms with van der Waals surface area (Å²) in [6.45, 7) is 2.09. The van der Waals surface area contributed by atoms with Crippen molar-refractivity contribution < 1.29 is 0 Å². The number of aromatic nitrogens is 6. The maximum atomic E-state index is 4.73. The fourth-order valence-corrected chi connectivity index (χ4v) is 5.43. The van der Waals surface area contributed by atoms with Crippen LogP contribution in [0.1, 0.15) is 12.8 Å². The van der Waals surface area contributed by atoms with Gasteiger partial charge in [0, 0.05) is 60.0 Å². The van der Waals surface area contributed by atoms with E-state index in [1.807, 2.05) is 47.8 Å². The molecule has 0 radical (unpaired) electrons. The molecule has 1 atom stereocenters. The summed E-state index contributed by atoms with van der Waals surface area (Å²) >= 11 is 1.61. The summed E-state index contributed by atoms with van der Waals surface area (Å²) in [5.74, 6) is 0. The molecule has 172 valence electrons. The Bertz CT molecular complexity index is 1470. The molecule has 5 aromatic rings. The number of fused-ring (bicyclic) bond motifs is 2. The number of rotatable bonds is 5. The standard InChI is InChI=1S/C25H26N8S/c1-26-20-4-3-9-32(16-20)21-10-18-11-22(6-7-23(18)27-13-21)34-25-30-29-24-8-5-17(15-33(24)25)19-12-28-31(2)14-19/h5-8,10-15,20,26H,3-4,9,16H2,1-2H3. The van der Waals surface area contributed by atoms with Gasteiger partial charge in [-0.05, 0) is 68.0 Å². The lowest BCUT2D eigenvalue weighted by atomic mass is 10.1. The highest BCUT2D eigenvalue weighted by atomic mass is 32.2. The molecule has 1 N–H and O–H groups in total. The minimum Gasteiger partial charge on any atom is -0.369 e. The molecule has 4 aromatic heterocycles. The first kappa shape index (κ1) is 21.1. The summed E-state index contributed by atoms with van der Waals surface area (Å²) < 4.78 is 3.85. The van der Waals surface area contributed by atoms with Crippen LogP contribution in [0.3, 0.4) is 0 Å². The molecule has 0 aliphatic carbocycles. The Morgan fingerprint density at radius 1 is 1.03 bits per heavy atom. The predicted octanol–water partition coefficient (Wildman–Crippen LogP) is 4.02. The van der Waals surface area contributed by atoms with Gasteiger partial charge in [0.05, 0.1) is 23.6 Å². The second-order valence-electron chi connectivity index (χ2n) is 8.76. The lowest BCUT2D eigenvalue weighted by Gasteiger charge is -2.34. The number of piperidine rings is 1. The van der Waals surface area contributed by atoms with Gasteiger partial charge in [-0.2, -0.15) is 5.10 Å². The molecule has 5 heterocycles. The largest absolute Gasteiger partial charge is 0.369 e. The van der Waals surface area contributed by atoms with E-state index in [0.29, 0.717) is 6.04 Å². The fraction of sp³-hybridized carbons (Fsp3) is 0.280. The number of likely N-dealkylation sites (N-methyl/N-ethyl adjacent to an activating group) is 1. The summed E-state index contributed by atoms with van der Waals surface area (Å²) in [6, 6.07) is 13.2. The first-order valence-corrected chi connectivity index (χ1v) is 12.3. The summed E-state index contributed by atoms with van der Waals surface area (Å²) in [5, 5.41) is 18.5. The second-order valence-corrected chi connectivity index (χ2v) is 9.80. The van der Waals surface area contributed by atoms with Crippen LogP contribution >= 0.6 is 11.8 Å². The highest BCUT2D eigenvalue weighted by Gasteiger charge is 2.19. The van der Waals surface area contributed by atoms with E-state index in [2.05, 4.69) is 62.0 Å². The van der Waals surface area contributed by atoms with Crippen molar-refractivity contribution in [3.63, 3.8) is 0 Å². The Kier molecular flexibility index (Phi) is 5.43. The zero-order valence-corrected chi connectivity index (χ0v) is 20.0. The van der Waals surface area contributed by atoms with E-state index in [1.165, 1.54) is 18.5 Å². The quantitative estimate of drug-likeness (QED) is 0.416. The van der Waals surface area contributed by atoms with Crippen molar-refractivity contribution in [2.45, 2.75) is 28.9 Å². The predicted molar refractivity (Wildman–Crippen MR) is 135 cm³/mol. The van der Waals surface area contributed by atoms with E-state index in [9.17, 15) is 0 Å². The Hall–Kier alpha value is -3.43. The van der Waals surface area contributed by atoms with Crippen LogP contribution in [0, 0.1) is 0 Å². The smallest absolute Gasteiger partial charge is 0.200 e. The van der Waals surface area contributed by atoms with Gasteiger partial charge in [-0.25, -0.2) is 0 Å². The molecule has 0 bridgehead atoms. The van der Waals surface area contributed by atoms with Crippen molar-refractivity contribution >= 4 is 34.0 Å². The molecule has 1 unspecified atom stereocenters. The molecule has 0 spiro atoms. The van der Waals surface area contributed by atoms with Crippen LogP contribution in [0.2, 0.25) is 0 Å². The zero-order chi connectivity index (χ0) is 23.1. The lowest BCUT2D eigenvalue weighted by molar-refractivity contribution is 0.449. The number of pyridine rings is 2. The normalized spacial score (nSPS) is 16.5. The van der Waals surface area contributed by atoms with E-state index >= 15 is 0 Å². The van der Waals surface area contributed by atoms with E-state index in [-0.39, 0.29) is 0 Å². The average molecular weight is 471 g/mol. The summed E-state index contributed by atoms with van der Waals surface area (Å²) in [4.78, 5) is 8.27. The molecule has 1 fully saturated rings. The van der Waals surface area contributed by atoms with Crippen molar-refractivity contribution in [2.75, 3.05) is 25.0 Å². The monoisotopic (exact) mass is 470 g/mol. The lowest BCUT2D eigenvalue weighted by Crippen LogP contribution is -2.44. The summed E-state index contributed by atoms with van der Waals surface area (Å²) in [6.07, 6.45) is 10.4. The van der Waals surface area contributed by atoms with E-state index < -0.39 is 0 Å². The van der Waals surface area contributed by atoms with Crippen LogP contribution in [-0.2, 0) is 7.05 Å². The number of aryl methyl sites for hydroxylation is 1. The van der Waals surface area contributed by atoms with Gasteiger partial charge in [0.15, 0.2) is 10.8 Å². The highest BCUT2D eigenvalue weighted by molar-refractivity contribution is 7.99.